The second-order valence-electron chi connectivity index (χ2n) is 8.05. The van der Waals surface area contributed by atoms with E-state index in [1.807, 2.05) is 67.2 Å². The van der Waals surface area contributed by atoms with Gasteiger partial charge in [-0.25, -0.2) is 32.9 Å². The molecule has 0 aliphatic rings. The molecule has 0 bridgehead atoms. The summed E-state index contributed by atoms with van der Waals surface area (Å²) in [5.74, 6) is 0.438. The summed E-state index contributed by atoms with van der Waals surface area (Å²) < 4.78 is 26.4. The van der Waals surface area contributed by atoms with Crippen LogP contribution in [0.3, 0.4) is 0 Å². The Morgan fingerprint density at radius 2 is 1.82 bits per heavy atom. The summed E-state index contributed by atoms with van der Waals surface area (Å²) in [6.45, 7) is 1.96. The lowest BCUT2D eigenvalue weighted by molar-refractivity contribution is -0.657. The number of benzene rings is 2. The predicted octanol–water partition coefficient (Wildman–Crippen LogP) is 2.15. The Morgan fingerprint density at radius 1 is 1.12 bits per heavy atom. The number of sulfonamides is 1. The van der Waals surface area contributed by atoms with E-state index in [4.69, 9.17) is 5.14 Å². The van der Waals surface area contributed by atoms with E-state index in [1.165, 1.54) is 16.8 Å². The number of aryl methyl sites for hydroxylation is 2. The zero-order valence-electron chi connectivity index (χ0n) is 18.8. The van der Waals surface area contributed by atoms with E-state index in [0.717, 1.165) is 11.1 Å². The molecule has 4 rings (SSSR count). The van der Waals surface area contributed by atoms with Crippen LogP contribution in [0.1, 0.15) is 17.2 Å². The highest BCUT2D eigenvalue weighted by Crippen LogP contribution is 2.22. The van der Waals surface area contributed by atoms with E-state index >= 15 is 0 Å². The quantitative estimate of drug-likeness (QED) is 0.395. The molecule has 0 aliphatic carbocycles. The first-order chi connectivity index (χ1) is 16.2. The molecule has 9 nitrogen and oxygen atoms in total. The van der Waals surface area contributed by atoms with Crippen LogP contribution in [0.2, 0.25) is 0 Å². The second-order valence-corrected chi connectivity index (χ2v) is 9.61. The standard InChI is InChI=1S/C24H24N6O3S/c1-17-12-13-29(2)23(14-17)26-24(31)22(15-18-6-4-3-5-7-18)30-16-21(27-28-30)19-8-10-20(11-9-19)34(25,32)33/h3-14,16,22H,15H2,1-2H3,(H2,25,32,33)/p+1. The summed E-state index contributed by atoms with van der Waals surface area (Å²) >= 11 is 0. The third kappa shape index (κ3) is 5.36. The number of hydrogen-bond donors (Lipinski definition) is 2. The van der Waals surface area contributed by atoms with Gasteiger partial charge in [0.25, 0.3) is 5.82 Å². The zero-order valence-corrected chi connectivity index (χ0v) is 19.6. The van der Waals surface area contributed by atoms with E-state index in [0.29, 0.717) is 23.5 Å². The number of anilines is 1. The van der Waals surface area contributed by atoms with Gasteiger partial charge in [-0.1, -0.05) is 47.7 Å². The summed E-state index contributed by atoms with van der Waals surface area (Å²) in [4.78, 5) is 13.4. The summed E-state index contributed by atoms with van der Waals surface area (Å²) in [5.41, 5.74) is 3.17. The fourth-order valence-electron chi connectivity index (χ4n) is 3.53. The number of carbonyl (C=O) groups excluding carboxylic acids is 1. The minimum Gasteiger partial charge on any atom is -0.244 e. The Bertz CT molecular complexity index is 1420. The first-order valence-electron chi connectivity index (χ1n) is 10.6. The van der Waals surface area contributed by atoms with Crippen LogP contribution in [0.15, 0.2) is 84.0 Å². The van der Waals surface area contributed by atoms with Crippen molar-refractivity contribution < 1.29 is 17.8 Å². The monoisotopic (exact) mass is 477 g/mol. The number of pyridine rings is 1. The van der Waals surface area contributed by atoms with Crippen LogP contribution in [0.25, 0.3) is 11.3 Å². The molecule has 0 aliphatic heterocycles. The molecule has 2 heterocycles. The maximum Gasteiger partial charge on any atom is 0.332 e. The lowest BCUT2D eigenvalue weighted by Gasteiger charge is -2.14. The van der Waals surface area contributed by atoms with Crippen LogP contribution in [0.5, 0.6) is 0 Å². The molecule has 0 radical (unpaired) electrons. The fourth-order valence-corrected chi connectivity index (χ4v) is 4.04. The van der Waals surface area contributed by atoms with Crippen LogP contribution in [0, 0.1) is 6.92 Å². The number of aromatic nitrogens is 4. The van der Waals surface area contributed by atoms with Crippen LogP contribution < -0.4 is 15.0 Å². The van der Waals surface area contributed by atoms with E-state index in [2.05, 4.69) is 15.6 Å². The number of nitrogens with zero attached hydrogens (tertiary/aromatic N) is 4. The molecule has 4 aromatic rings. The van der Waals surface area contributed by atoms with Crippen LogP contribution in [-0.4, -0.2) is 29.3 Å². The Morgan fingerprint density at radius 3 is 2.50 bits per heavy atom. The van der Waals surface area contributed by atoms with E-state index < -0.39 is 16.1 Å². The molecular weight excluding hydrogens is 452 g/mol. The van der Waals surface area contributed by atoms with Gasteiger partial charge in [-0.15, -0.1) is 5.10 Å². The molecular formula is C24H25N6O3S+. The highest BCUT2D eigenvalue weighted by Gasteiger charge is 2.28. The van der Waals surface area contributed by atoms with E-state index in [1.54, 1.807) is 18.3 Å². The van der Waals surface area contributed by atoms with Crippen molar-refractivity contribution in [2.24, 2.45) is 12.2 Å². The maximum atomic E-state index is 13.4. The number of carbonyl (C=O) groups is 1. The molecule has 0 saturated carbocycles. The molecule has 2 aromatic heterocycles. The first kappa shape index (κ1) is 23.3. The van der Waals surface area contributed by atoms with Gasteiger partial charge in [0.15, 0.2) is 6.04 Å². The summed E-state index contributed by atoms with van der Waals surface area (Å²) in [6.07, 6.45) is 3.97. The Kier molecular flexibility index (Phi) is 6.53. The average molecular weight is 478 g/mol. The van der Waals surface area contributed by atoms with Gasteiger partial charge in [-0.05, 0) is 36.2 Å². The topological polar surface area (TPSA) is 124 Å². The van der Waals surface area contributed by atoms with Crippen molar-refractivity contribution >= 4 is 21.7 Å². The molecule has 0 fully saturated rings. The SMILES string of the molecule is Cc1cc[n+](C)c(NC(=O)C(Cc2ccccc2)n2cc(-c3ccc(S(N)(=O)=O)cc3)nn2)c1. The minimum absolute atomic E-state index is 0.0102. The van der Waals surface area contributed by atoms with Gasteiger partial charge in [0.1, 0.15) is 5.69 Å². The van der Waals surface area contributed by atoms with Crippen LogP contribution >= 0.6 is 0 Å². The molecule has 174 valence electrons. The van der Waals surface area contributed by atoms with Crippen molar-refractivity contribution in [3.8, 4) is 11.3 Å². The summed E-state index contributed by atoms with van der Waals surface area (Å²) in [6, 6.07) is 18.9. The molecule has 1 unspecified atom stereocenters. The zero-order chi connectivity index (χ0) is 24.3. The van der Waals surface area contributed by atoms with Gasteiger partial charge in [-0.2, -0.15) is 0 Å². The van der Waals surface area contributed by atoms with Gasteiger partial charge in [0.05, 0.1) is 24.3 Å². The van der Waals surface area contributed by atoms with Crippen molar-refractivity contribution in [1.82, 2.24) is 15.0 Å². The van der Waals surface area contributed by atoms with E-state index in [-0.39, 0.29) is 10.8 Å². The lowest BCUT2D eigenvalue weighted by Crippen LogP contribution is -2.37. The number of hydrogen-bond acceptors (Lipinski definition) is 5. The molecule has 10 heteroatoms. The van der Waals surface area contributed by atoms with Gasteiger partial charge in [0, 0.05) is 18.1 Å². The molecule has 0 saturated heterocycles. The van der Waals surface area contributed by atoms with Crippen LogP contribution in [-0.2, 0) is 28.3 Å². The van der Waals surface area contributed by atoms with Gasteiger partial charge >= 0.3 is 5.91 Å². The van der Waals surface area contributed by atoms with Gasteiger partial charge in [0.2, 0.25) is 10.0 Å². The lowest BCUT2D eigenvalue weighted by atomic mass is 10.1. The van der Waals surface area contributed by atoms with Crippen LogP contribution in [0.4, 0.5) is 5.82 Å². The maximum absolute atomic E-state index is 13.4. The molecule has 3 N–H and O–H groups in total. The Labute approximate surface area is 197 Å². The molecule has 1 atom stereocenters. The minimum atomic E-state index is -3.79. The highest BCUT2D eigenvalue weighted by atomic mass is 32.2. The summed E-state index contributed by atoms with van der Waals surface area (Å²) in [7, 11) is -1.93. The van der Waals surface area contributed by atoms with E-state index in [9.17, 15) is 13.2 Å². The number of amides is 1. The number of primary sulfonamides is 1. The molecule has 2 aromatic carbocycles. The predicted molar refractivity (Wildman–Crippen MR) is 127 cm³/mol. The van der Waals surface area contributed by atoms with Crippen molar-refractivity contribution in [3.05, 3.63) is 90.3 Å². The van der Waals surface area contributed by atoms with Crippen molar-refractivity contribution in [3.63, 3.8) is 0 Å². The molecule has 0 spiro atoms. The summed E-state index contributed by atoms with van der Waals surface area (Å²) in [5, 5.41) is 16.6. The molecule has 1 amide bonds. The normalized spacial score (nSPS) is 12.3. The number of nitrogens with one attached hydrogen (secondary N) is 1. The first-order valence-corrected chi connectivity index (χ1v) is 12.1. The third-order valence-electron chi connectivity index (χ3n) is 5.44. The smallest absolute Gasteiger partial charge is 0.244 e. The Balaban J connectivity index is 1.65. The largest absolute Gasteiger partial charge is 0.332 e. The van der Waals surface area contributed by atoms with Crippen molar-refractivity contribution in [2.45, 2.75) is 24.3 Å². The Hall–Kier alpha value is -3.89. The van der Waals surface area contributed by atoms with Crippen molar-refractivity contribution in [2.75, 3.05) is 5.32 Å². The highest BCUT2D eigenvalue weighted by molar-refractivity contribution is 7.89. The third-order valence-corrected chi connectivity index (χ3v) is 6.37. The van der Waals surface area contributed by atoms with Gasteiger partial charge < -0.3 is 0 Å². The van der Waals surface area contributed by atoms with Gasteiger partial charge in [-0.3, -0.25) is 0 Å². The fraction of sp³-hybridized carbons (Fsp3) is 0.167. The number of rotatable bonds is 7. The van der Waals surface area contributed by atoms with Crippen molar-refractivity contribution in [1.29, 1.82) is 0 Å². The number of nitrogens with two attached hydrogens (primary N) is 1. The second kappa shape index (κ2) is 9.54. The molecule has 34 heavy (non-hydrogen) atoms. The average Bonchev–Trinajstić information content (AvgIpc) is 3.30.